The molecule has 2 rings (SSSR count). The van der Waals surface area contributed by atoms with E-state index in [9.17, 15) is 0 Å². The van der Waals surface area contributed by atoms with Crippen molar-refractivity contribution in [2.75, 3.05) is 0 Å². The van der Waals surface area contributed by atoms with E-state index in [-0.39, 0.29) is 6.54 Å². The summed E-state index contributed by atoms with van der Waals surface area (Å²) >= 11 is 0. The molecule has 1 aromatic rings. The monoisotopic (exact) mass is 176 g/mol. The molecule has 0 amide bonds. The summed E-state index contributed by atoms with van der Waals surface area (Å²) in [7, 11) is 0. The lowest BCUT2D eigenvalue weighted by molar-refractivity contribution is 0.375. The highest BCUT2D eigenvalue weighted by Gasteiger charge is 2.29. The minimum absolute atomic E-state index is 0.232. The number of rotatable bonds is 2. The van der Waals surface area contributed by atoms with Crippen molar-refractivity contribution in [3.05, 3.63) is 23.1 Å². The minimum Gasteiger partial charge on any atom is -0.339 e. The molecule has 1 aliphatic carbocycles. The molecule has 0 N–H and O–H groups in total. The van der Waals surface area contributed by atoms with Gasteiger partial charge in [-0.25, -0.2) is 11.8 Å². The minimum atomic E-state index is 0.232. The highest BCUT2D eigenvalue weighted by Crippen LogP contribution is 2.38. The Labute approximate surface area is 75.8 Å². The number of hydrogen-bond donors (Lipinski definition) is 0. The maximum absolute atomic E-state index is 6.58. The zero-order valence-electron chi connectivity index (χ0n) is 6.97. The Morgan fingerprint density at radius 3 is 2.85 bits per heavy atom. The molecule has 5 heteroatoms. The summed E-state index contributed by atoms with van der Waals surface area (Å²) in [5, 5.41) is 10.2. The molecule has 0 aromatic carbocycles. The van der Waals surface area contributed by atoms with Crippen molar-refractivity contribution < 1.29 is 4.52 Å². The quantitative estimate of drug-likeness (QED) is 0.640. The summed E-state index contributed by atoms with van der Waals surface area (Å²) in [5.41, 5.74) is 0. The molecule has 5 nitrogen and oxygen atoms in total. The largest absolute Gasteiger partial charge is 0.339 e. The predicted molar refractivity (Wildman–Crippen MR) is 43.2 cm³/mol. The van der Waals surface area contributed by atoms with Crippen LogP contribution in [0.3, 0.4) is 0 Å². The predicted octanol–water partition coefficient (Wildman–Crippen LogP) is 1.51. The van der Waals surface area contributed by atoms with Crippen molar-refractivity contribution in [1.29, 1.82) is 5.26 Å². The van der Waals surface area contributed by atoms with Gasteiger partial charge in [0.1, 0.15) is 0 Å². The standard InChI is InChI=1S/C7H7N3O.CHN/c1-8-4-6-9-7(11-10-6)5-2-3-5;1-2/h5H,2-4H2;1H. The SMILES string of the molecule is C#N.[C-]#[N+]Cc1noc(C2CC2)n1. The summed E-state index contributed by atoms with van der Waals surface area (Å²) in [6, 6.07) is 0. The number of nitrogens with zero attached hydrogens (tertiary/aromatic N) is 4. The molecule has 66 valence electrons. The van der Waals surface area contributed by atoms with Crippen molar-refractivity contribution >= 4 is 0 Å². The second-order valence-electron chi connectivity index (χ2n) is 2.64. The van der Waals surface area contributed by atoms with Crippen LogP contribution in [0.2, 0.25) is 0 Å². The van der Waals surface area contributed by atoms with Crippen LogP contribution >= 0.6 is 0 Å². The molecule has 1 aliphatic rings. The summed E-state index contributed by atoms with van der Waals surface area (Å²) in [5.74, 6) is 1.72. The zero-order chi connectivity index (χ0) is 9.68. The molecular weight excluding hydrogens is 168 g/mol. The highest BCUT2D eigenvalue weighted by atomic mass is 16.5. The zero-order valence-corrected chi connectivity index (χ0v) is 6.97. The second-order valence-corrected chi connectivity index (χ2v) is 2.64. The van der Waals surface area contributed by atoms with Gasteiger partial charge in [-0.05, 0) is 12.8 Å². The molecule has 1 fully saturated rings. The lowest BCUT2D eigenvalue weighted by Crippen LogP contribution is -1.82. The number of aromatic nitrogens is 2. The van der Waals surface area contributed by atoms with Gasteiger partial charge in [-0.1, -0.05) is 5.16 Å². The van der Waals surface area contributed by atoms with Crippen molar-refractivity contribution in [2.45, 2.75) is 25.3 Å². The fourth-order valence-electron chi connectivity index (χ4n) is 0.899. The summed E-state index contributed by atoms with van der Waals surface area (Å²) in [6.07, 6.45) is 2.30. The Hall–Kier alpha value is -1.88. The topological polar surface area (TPSA) is 67.1 Å². The fraction of sp³-hybridized carbons (Fsp3) is 0.500. The first kappa shape index (κ1) is 9.21. The normalized spacial score (nSPS) is 13.9. The van der Waals surface area contributed by atoms with Crippen molar-refractivity contribution in [3.63, 3.8) is 0 Å². The molecule has 0 unspecified atom stereocenters. The van der Waals surface area contributed by atoms with E-state index in [1.807, 2.05) is 0 Å². The Kier molecular flexibility index (Phi) is 2.99. The third-order valence-electron chi connectivity index (χ3n) is 1.63. The number of hydrogen-bond acceptors (Lipinski definition) is 4. The second kappa shape index (κ2) is 4.22. The molecule has 1 aromatic heterocycles. The van der Waals surface area contributed by atoms with Crippen LogP contribution in [0.25, 0.3) is 4.85 Å². The Balaban J connectivity index is 0.000000396. The summed E-state index contributed by atoms with van der Waals surface area (Å²) < 4.78 is 4.94. The van der Waals surface area contributed by atoms with Crippen molar-refractivity contribution in [1.82, 2.24) is 10.1 Å². The van der Waals surface area contributed by atoms with Crippen LogP contribution in [0.5, 0.6) is 0 Å². The van der Waals surface area contributed by atoms with E-state index in [2.05, 4.69) is 21.6 Å². The van der Waals surface area contributed by atoms with E-state index < -0.39 is 0 Å². The first-order valence-electron chi connectivity index (χ1n) is 3.81. The molecule has 0 radical (unpaired) electrons. The fourth-order valence-corrected chi connectivity index (χ4v) is 0.899. The van der Waals surface area contributed by atoms with Gasteiger partial charge in [0.05, 0.1) is 0 Å². The smallest absolute Gasteiger partial charge is 0.276 e. The van der Waals surface area contributed by atoms with Gasteiger partial charge in [0.15, 0.2) is 0 Å². The van der Waals surface area contributed by atoms with Gasteiger partial charge >= 0.3 is 0 Å². The van der Waals surface area contributed by atoms with Gasteiger partial charge in [-0.3, -0.25) is 0 Å². The van der Waals surface area contributed by atoms with Crippen LogP contribution in [0, 0.1) is 18.4 Å². The average molecular weight is 176 g/mol. The number of nitriles is 1. The van der Waals surface area contributed by atoms with E-state index in [1.54, 1.807) is 0 Å². The Morgan fingerprint density at radius 2 is 2.31 bits per heavy atom. The third-order valence-corrected chi connectivity index (χ3v) is 1.63. The van der Waals surface area contributed by atoms with Gasteiger partial charge in [0.25, 0.3) is 12.4 Å². The summed E-state index contributed by atoms with van der Waals surface area (Å²) in [6.45, 7) is 10.3. The molecule has 13 heavy (non-hydrogen) atoms. The Bertz CT molecular complexity index is 331. The lowest BCUT2D eigenvalue weighted by Gasteiger charge is -1.78. The molecule has 0 saturated heterocycles. The maximum Gasteiger partial charge on any atom is 0.276 e. The average Bonchev–Trinajstić information content (AvgIpc) is 2.92. The van der Waals surface area contributed by atoms with Gasteiger partial charge in [0.2, 0.25) is 5.89 Å². The van der Waals surface area contributed by atoms with Gasteiger partial charge in [0, 0.05) is 12.5 Å². The first-order chi connectivity index (χ1) is 6.40. The van der Waals surface area contributed by atoms with Crippen molar-refractivity contribution in [3.8, 4) is 6.57 Å². The first-order valence-corrected chi connectivity index (χ1v) is 3.81. The van der Waals surface area contributed by atoms with Crippen LogP contribution in [-0.2, 0) is 6.54 Å². The van der Waals surface area contributed by atoms with Crippen LogP contribution < -0.4 is 0 Å². The van der Waals surface area contributed by atoms with E-state index >= 15 is 0 Å². The Morgan fingerprint density at radius 1 is 1.62 bits per heavy atom. The van der Waals surface area contributed by atoms with Gasteiger partial charge in [-0.15, -0.1) is 0 Å². The van der Waals surface area contributed by atoms with Crippen LogP contribution in [-0.4, -0.2) is 10.1 Å². The van der Waals surface area contributed by atoms with Gasteiger partial charge < -0.3 is 9.37 Å². The highest BCUT2D eigenvalue weighted by molar-refractivity contribution is 5.02. The lowest BCUT2D eigenvalue weighted by atomic mass is 10.4. The molecule has 1 saturated carbocycles. The summed E-state index contributed by atoms with van der Waals surface area (Å²) in [4.78, 5) is 7.23. The van der Waals surface area contributed by atoms with Crippen LogP contribution in [0.1, 0.15) is 30.5 Å². The van der Waals surface area contributed by atoms with Crippen molar-refractivity contribution in [2.24, 2.45) is 0 Å². The van der Waals surface area contributed by atoms with E-state index in [1.165, 1.54) is 0 Å². The van der Waals surface area contributed by atoms with Crippen LogP contribution in [0.15, 0.2) is 4.52 Å². The molecule has 0 spiro atoms. The molecular formula is C8H8N4O. The molecule has 0 atom stereocenters. The van der Waals surface area contributed by atoms with E-state index in [0.29, 0.717) is 17.6 Å². The third kappa shape index (κ3) is 2.28. The van der Waals surface area contributed by atoms with E-state index in [0.717, 1.165) is 12.8 Å². The molecule has 0 bridgehead atoms. The van der Waals surface area contributed by atoms with Crippen LogP contribution in [0.4, 0.5) is 0 Å². The molecule has 0 aliphatic heterocycles. The van der Waals surface area contributed by atoms with Gasteiger partial charge in [-0.2, -0.15) is 4.98 Å². The molecule has 1 heterocycles. The maximum atomic E-state index is 6.58. The van der Waals surface area contributed by atoms with E-state index in [4.69, 9.17) is 16.4 Å².